The van der Waals surface area contributed by atoms with E-state index in [1.165, 1.54) is 11.3 Å². The zero-order valence-electron chi connectivity index (χ0n) is 13.4. The number of carbonyl (C=O) groups excluding carboxylic acids is 2. The van der Waals surface area contributed by atoms with Crippen molar-refractivity contribution in [2.24, 2.45) is 0 Å². The van der Waals surface area contributed by atoms with E-state index in [1.54, 1.807) is 17.0 Å². The molecule has 0 radical (unpaired) electrons. The van der Waals surface area contributed by atoms with Gasteiger partial charge in [-0.2, -0.15) is 0 Å². The van der Waals surface area contributed by atoms with Crippen molar-refractivity contribution in [2.75, 3.05) is 25.0 Å². The maximum Gasteiger partial charge on any atom is 0.257 e. The Morgan fingerprint density at radius 2 is 2.17 bits per heavy atom. The Morgan fingerprint density at radius 3 is 2.92 bits per heavy atom. The van der Waals surface area contributed by atoms with E-state index < -0.39 is 0 Å². The van der Waals surface area contributed by atoms with Crippen LogP contribution in [0.25, 0.3) is 0 Å². The number of anilines is 1. The van der Waals surface area contributed by atoms with Crippen molar-refractivity contribution in [3.8, 4) is 0 Å². The molecular weight excluding hydrogens is 326 g/mol. The molecule has 1 aromatic carbocycles. The van der Waals surface area contributed by atoms with Crippen LogP contribution in [0.3, 0.4) is 0 Å². The molecule has 0 saturated carbocycles. The lowest BCUT2D eigenvalue weighted by Gasteiger charge is -2.31. The summed E-state index contributed by atoms with van der Waals surface area (Å²) in [5.74, 6) is -0.166. The van der Waals surface area contributed by atoms with Crippen LogP contribution in [0, 0.1) is 0 Å². The number of ether oxygens (including phenoxy) is 1. The first-order valence-electron chi connectivity index (χ1n) is 7.82. The second-order valence-electron chi connectivity index (χ2n) is 5.66. The van der Waals surface area contributed by atoms with E-state index in [4.69, 9.17) is 4.74 Å². The Bertz CT molecular complexity index is 717. The number of benzene rings is 1. The predicted octanol–water partition coefficient (Wildman–Crippen LogP) is 2.19. The number of hydrogen-bond donors (Lipinski definition) is 1. The van der Waals surface area contributed by atoms with Gasteiger partial charge in [-0.15, -0.1) is 11.3 Å². The first-order chi connectivity index (χ1) is 11.6. The second-order valence-corrected chi connectivity index (χ2v) is 6.52. The van der Waals surface area contributed by atoms with E-state index in [-0.39, 0.29) is 24.3 Å². The summed E-state index contributed by atoms with van der Waals surface area (Å²) >= 11 is 1.32. The quantitative estimate of drug-likeness (QED) is 0.922. The number of amides is 2. The van der Waals surface area contributed by atoms with Gasteiger partial charge < -0.3 is 9.64 Å². The molecule has 7 heteroatoms. The number of rotatable bonds is 4. The molecule has 126 valence electrons. The molecular formula is C17H19N3O3S. The minimum atomic E-state index is -0.204. The fraction of sp³-hybridized carbons (Fsp3) is 0.353. The summed E-state index contributed by atoms with van der Waals surface area (Å²) in [4.78, 5) is 30.5. The summed E-state index contributed by atoms with van der Waals surface area (Å²) in [6, 6.07) is 8.96. The molecule has 0 aliphatic carbocycles. The summed E-state index contributed by atoms with van der Waals surface area (Å²) in [5, 5.41) is 5.07. The molecule has 1 aliphatic rings. The van der Waals surface area contributed by atoms with Crippen molar-refractivity contribution in [3.05, 3.63) is 47.0 Å². The van der Waals surface area contributed by atoms with Gasteiger partial charge in [-0.05, 0) is 19.1 Å². The van der Waals surface area contributed by atoms with Gasteiger partial charge in [-0.25, -0.2) is 4.98 Å². The lowest BCUT2D eigenvalue weighted by Crippen LogP contribution is -2.45. The maximum absolute atomic E-state index is 12.3. The third kappa shape index (κ3) is 4.18. The molecule has 2 heterocycles. The van der Waals surface area contributed by atoms with E-state index in [0.29, 0.717) is 36.1 Å². The minimum absolute atomic E-state index is 0.0383. The van der Waals surface area contributed by atoms with Gasteiger partial charge in [0.05, 0.1) is 24.8 Å². The third-order valence-electron chi connectivity index (χ3n) is 3.73. The predicted molar refractivity (Wildman–Crippen MR) is 92.2 cm³/mol. The van der Waals surface area contributed by atoms with Crippen LogP contribution in [-0.4, -0.2) is 47.5 Å². The molecule has 1 fully saturated rings. The van der Waals surface area contributed by atoms with E-state index >= 15 is 0 Å². The Labute approximate surface area is 144 Å². The summed E-state index contributed by atoms with van der Waals surface area (Å²) < 4.78 is 5.44. The van der Waals surface area contributed by atoms with E-state index in [2.05, 4.69) is 10.3 Å². The number of aromatic nitrogens is 1. The van der Waals surface area contributed by atoms with E-state index in [9.17, 15) is 9.59 Å². The van der Waals surface area contributed by atoms with Crippen molar-refractivity contribution < 1.29 is 14.3 Å². The highest BCUT2D eigenvalue weighted by atomic mass is 32.1. The van der Waals surface area contributed by atoms with Gasteiger partial charge in [0.15, 0.2) is 5.13 Å². The van der Waals surface area contributed by atoms with Crippen LogP contribution in [0.5, 0.6) is 0 Å². The minimum Gasteiger partial charge on any atom is -0.375 e. The highest BCUT2D eigenvalue weighted by Crippen LogP contribution is 2.18. The fourth-order valence-electron chi connectivity index (χ4n) is 2.52. The van der Waals surface area contributed by atoms with Crippen molar-refractivity contribution in [3.63, 3.8) is 0 Å². The van der Waals surface area contributed by atoms with Crippen molar-refractivity contribution in [1.82, 2.24) is 9.88 Å². The van der Waals surface area contributed by atoms with Crippen LogP contribution < -0.4 is 5.32 Å². The second kappa shape index (κ2) is 7.55. The zero-order chi connectivity index (χ0) is 16.9. The fourth-order valence-corrected chi connectivity index (χ4v) is 3.22. The number of nitrogens with zero attached hydrogens (tertiary/aromatic N) is 2. The van der Waals surface area contributed by atoms with E-state index in [0.717, 1.165) is 0 Å². The van der Waals surface area contributed by atoms with Crippen molar-refractivity contribution >= 4 is 28.3 Å². The molecule has 2 aromatic rings. The topological polar surface area (TPSA) is 71.5 Å². The SMILES string of the molecule is CC1CN(C(=O)Cc2csc(NC(=O)c3ccccc3)n2)CCO1. The molecule has 1 atom stereocenters. The molecule has 0 spiro atoms. The van der Waals surface area contributed by atoms with Crippen LogP contribution in [0.15, 0.2) is 35.7 Å². The molecule has 24 heavy (non-hydrogen) atoms. The lowest BCUT2D eigenvalue weighted by atomic mass is 10.2. The Kier molecular flexibility index (Phi) is 5.22. The molecule has 1 aliphatic heterocycles. The molecule has 0 bridgehead atoms. The average Bonchev–Trinajstić information content (AvgIpc) is 3.02. The van der Waals surface area contributed by atoms with Gasteiger partial charge in [-0.3, -0.25) is 14.9 Å². The number of thiazole rings is 1. The molecule has 3 rings (SSSR count). The lowest BCUT2D eigenvalue weighted by molar-refractivity contribution is -0.137. The summed E-state index contributed by atoms with van der Waals surface area (Å²) in [6.07, 6.45) is 0.309. The Balaban J connectivity index is 1.57. The van der Waals surface area contributed by atoms with Gasteiger partial charge in [0.1, 0.15) is 0 Å². The molecule has 1 unspecified atom stereocenters. The van der Waals surface area contributed by atoms with Crippen LogP contribution in [0.1, 0.15) is 23.0 Å². The van der Waals surface area contributed by atoms with Crippen LogP contribution in [0.4, 0.5) is 5.13 Å². The van der Waals surface area contributed by atoms with Crippen molar-refractivity contribution in [1.29, 1.82) is 0 Å². The van der Waals surface area contributed by atoms with Gasteiger partial charge in [0.2, 0.25) is 5.91 Å². The largest absolute Gasteiger partial charge is 0.375 e. The number of morpholine rings is 1. The van der Waals surface area contributed by atoms with Crippen LogP contribution >= 0.6 is 11.3 Å². The summed E-state index contributed by atoms with van der Waals surface area (Å²) in [7, 11) is 0. The smallest absolute Gasteiger partial charge is 0.257 e. The molecule has 1 aromatic heterocycles. The van der Waals surface area contributed by atoms with E-state index in [1.807, 2.05) is 30.5 Å². The van der Waals surface area contributed by atoms with Gasteiger partial charge in [0.25, 0.3) is 5.91 Å². The Morgan fingerprint density at radius 1 is 1.38 bits per heavy atom. The van der Waals surface area contributed by atoms with Crippen molar-refractivity contribution in [2.45, 2.75) is 19.4 Å². The number of carbonyl (C=O) groups is 2. The number of nitrogens with one attached hydrogen (secondary N) is 1. The maximum atomic E-state index is 12.3. The summed E-state index contributed by atoms with van der Waals surface area (Å²) in [6.45, 7) is 3.76. The van der Waals surface area contributed by atoms with Gasteiger partial charge >= 0.3 is 0 Å². The highest BCUT2D eigenvalue weighted by Gasteiger charge is 2.22. The average molecular weight is 345 g/mol. The highest BCUT2D eigenvalue weighted by molar-refractivity contribution is 7.14. The number of hydrogen-bond acceptors (Lipinski definition) is 5. The standard InChI is InChI=1S/C17H19N3O3S/c1-12-10-20(7-8-23-12)15(21)9-14-11-24-17(18-14)19-16(22)13-5-3-2-4-6-13/h2-6,11-12H,7-10H2,1H3,(H,18,19,22). The first-order valence-corrected chi connectivity index (χ1v) is 8.70. The van der Waals surface area contributed by atoms with Crippen LogP contribution in [-0.2, 0) is 16.0 Å². The molecule has 2 amide bonds. The first kappa shape index (κ1) is 16.6. The van der Waals surface area contributed by atoms with Gasteiger partial charge in [-0.1, -0.05) is 18.2 Å². The normalized spacial score (nSPS) is 17.5. The molecule has 6 nitrogen and oxygen atoms in total. The third-order valence-corrected chi connectivity index (χ3v) is 4.54. The molecule has 1 saturated heterocycles. The zero-order valence-corrected chi connectivity index (χ0v) is 14.2. The monoisotopic (exact) mass is 345 g/mol. The molecule has 1 N–H and O–H groups in total. The Hall–Kier alpha value is -2.25. The summed E-state index contributed by atoms with van der Waals surface area (Å²) in [5.41, 5.74) is 1.25. The van der Waals surface area contributed by atoms with Gasteiger partial charge in [0, 0.05) is 24.0 Å². The van der Waals surface area contributed by atoms with Crippen LogP contribution in [0.2, 0.25) is 0 Å².